The molecule has 2 aromatic rings. The van der Waals surface area contributed by atoms with Crippen LogP contribution in [0.1, 0.15) is 16.1 Å². The fraction of sp³-hybridized carbons (Fsp3) is 0.154. The average molecular weight is 292 g/mol. The molecule has 0 spiro atoms. The van der Waals surface area contributed by atoms with E-state index in [0.29, 0.717) is 0 Å². The Morgan fingerprint density at radius 2 is 2.14 bits per heavy atom. The monoisotopic (exact) mass is 292 g/mol. The van der Waals surface area contributed by atoms with E-state index in [-0.39, 0.29) is 17.8 Å². The van der Waals surface area contributed by atoms with E-state index in [1.165, 1.54) is 12.1 Å². The fourth-order valence-corrected chi connectivity index (χ4v) is 1.66. The van der Waals surface area contributed by atoms with Crippen LogP contribution in [0.2, 0.25) is 0 Å². The Morgan fingerprint density at radius 1 is 1.38 bits per heavy atom. The molecule has 0 fully saturated rings. The second-order valence-corrected chi connectivity index (χ2v) is 4.25. The molecular formula is C13H13FN4O3. The minimum absolute atomic E-state index is 0.0949. The number of benzene rings is 1. The highest BCUT2D eigenvalue weighted by Gasteiger charge is 2.11. The lowest BCUT2D eigenvalue weighted by Gasteiger charge is -2.09. The zero-order valence-corrected chi connectivity index (χ0v) is 11.1. The SMILES string of the molecule is Cn1nccc1CNC(=O)Nc1ccc(C(=O)O)cc1F. The summed E-state index contributed by atoms with van der Waals surface area (Å²) in [6, 6.07) is 4.39. The Morgan fingerprint density at radius 3 is 2.71 bits per heavy atom. The topological polar surface area (TPSA) is 96.3 Å². The van der Waals surface area contributed by atoms with E-state index in [2.05, 4.69) is 15.7 Å². The summed E-state index contributed by atoms with van der Waals surface area (Å²) in [6.45, 7) is 0.233. The molecule has 1 aromatic heterocycles. The quantitative estimate of drug-likeness (QED) is 0.797. The molecule has 3 N–H and O–H groups in total. The molecule has 0 saturated carbocycles. The van der Waals surface area contributed by atoms with Gasteiger partial charge in [-0.2, -0.15) is 5.10 Å². The highest BCUT2D eigenvalue weighted by atomic mass is 19.1. The van der Waals surface area contributed by atoms with Crippen LogP contribution in [0.15, 0.2) is 30.5 Å². The molecule has 0 aliphatic heterocycles. The van der Waals surface area contributed by atoms with Gasteiger partial charge in [0.25, 0.3) is 0 Å². The molecule has 0 atom stereocenters. The van der Waals surface area contributed by atoms with E-state index >= 15 is 0 Å². The predicted molar refractivity (Wildman–Crippen MR) is 72.4 cm³/mol. The Bertz CT molecular complexity index is 684. The van der Waals surface area contributed by atoms with E-state index in [1.54, 1.807) is 24.0 Å². The van der Waals surface area contributed by atoms with Gasteiger partial charge in [0.15, 0.2) is 0 Å². The number of amides is 2. The van der Waals surface area contributed by atoms with Crippen molar-refractivity contribution in [1.82, 2.24) is 15.1 Å². The molecule has 2 rings (SSSR count). The van der Waals surface area contributed by atoms with Crippen molar-refractivity contribution in [3.63, 3.8) is 0 Å². The van der Waals surface area contributed by atoms with Crippen molar-refractivity contribution in [3.05, 3.63) is 47.5 Å². The van der Waals surface area contributed by atoms with Crippen LogP contribution < -0.4 is 10.6 Å². The average Bonchev–Trinajstić information content (AvgIpc) is 2.84. The first-order valence-electron chi connectivity index (χ1n) is 6.02. The lowest BCUT2D eigenvalue weighted by molar-refractivity contribution is 0.0696. The number of rotatable bonds is 4. The van der Waals surface area contributed by atoms with Crippen molar-refractivity contribution in [2.24, 2.45) is 7.05 Å². The summed E-state index contributed by atoms with van der Waals surface area (Å²) in [5.41, 5.74) is 0.502. The molecule has 0 aliphatic rings. The summed E-state index contributed by atoms with van der Waals surface area (Å²) in [6.07, 6.45) is 1.60. The molecule has 1 heterocycles. The number of carbonyl (C=O) groups excluding carboxylic acids is 1. The van der Waals surface area contributed by atoms with Crippen molar-refractivity contribution >= 4 is 17.7 Å². The molecule has 1 aromatic carbocycles. The maximum atomic E-state index is 13.6. The van der Waals surface area contributed by atoms with E-state index in [1.807, 2.05) is 0 Å². The van der Waals surface area contributed by atoms with Gasteiger partial charge < -0.3 is 15.7 Å². The number of urea groups is 1. The van der Waals surface area contributed by atoms with Crippen LogP contribution in [0.4, 0.5) is 14.9 Å². The van der Waals surface area contributed by atoms with Gasteiger partial charge in [0.05, 0.1) is 23.5 Å². The molecule has 0 unspecified atom stereocenters. The first-order valence-corrected chi connectivity index (χ1v) is 6.02. The van der Waals surface area contributed by atoms with E-state index in [4.69, 9.17) is 5.11 Å². The normalized spacial score (nSPS) is 10.2. The van der Waals surface area contributed by atoms with Crippen molar-refractivity contribution in [3.8, 4) is 0 Å². The van der Waals surface area contributed by atoms with Crippen LogP contribution in [0.25, 0.3) is 0 Å². The molecule has 110 valence electrons. The van der Waals surface area contributed by atoms with Crippen LogP contribution in [0.3, 0.4) is 0 Å². The third kappa shape index (κ3) is 3.56. The summed E-state index contributed by atoms with van der Waals surface area (Å²) < 4.78 is 15.2. The zero-order chi connectivity index (χ0) is 15.4. The van der Waals surface area contributed by atoms with Crippen molar-refractivity contribution in [2.75, 3.05) is 5.32 Å². The number of halogens is 1. The summed E-state index contributed by atoms with van der Waals surface area (Å²) in [5.74, 6) is -2.05. The van der Waals surface area contributed by atoms with Gasteiger partial charge in [0, 0.05) is 13.2 Å². The molecule has 8 heteroatoms. The number of carboxylic acid groups (broad SMARTS) is 1. The van der Waals surface area contributed by atoms with Gasteiger partial charge in [-0.05, 0) is 24.3 Å². The van der Waals surface area contributed by atoms with Crippen LogP contribution in [-0.4, -0.2) is 26.9 Å². The molecule has 0 saturated heterocycles. The van der Waals surface area contributed by atoms with Gasteiger partial charge in [-0.25, -0.2) is 14.0 Å². The van der Waals surface area contributed by atoms with Gasteiger partial charge in [0.2, 0.25) is 0 Å². The number of hydrogen-bond donors (Lipinski definition) is 3. The molecule has 21 heavy (non-hydrogen) atoms. The second kappa shape index (κ2) is 6.04. The number of nitrogens with one attached hydrogen (secondary N) is 2. The Balaban J connectivity index is 1.96. The highest BCUT2D eigenvalue weighted by Crippen LogP contribution is 2.15. The van der Waals surface area contributed by atoms with Gasteiger partial charge >= 0.3 is 12.0 Å². The Hall–Kier alpha value is -2.90. The first kappa shape index (κ1) is 14.5. The van der Waals surface area contributed by atoms with Crippen LogP contribution in [0, 0.1) is 5.82 Å². The van der Waals surface area contributed by atoms with Gasteiger partial charge in [-0.3, -0.25) is 4.68 Å². The smallest absolute Gasteiger partial charge is 0.335 e. The summed E-state index contributed by atoms with van der Waals surface area (Å²) in [4.78, 5) is 22.3. The van der Waals surface area contributed by atoms with Crippen molar-refractivity contribution in [1.29, 1.82) is 0 Å². The highest BCUT2D eigenvalue weighted by molar-refractivity contribution is 5.91. The summed E-state index contributed by atoms with van der Waals surface area (Å²) >= 11 is 0. The van der Waals surface area contributed by atoms with Crippen LogP contribution >= 0.6 is 0 Å². The van der Waals surface area contributed by atoms with E-state index in [0.717, 1.165) is 11.8 Å². The van der Waals surface area contributed by atoms with E-state index in [9.17, 15) is 14.0 Å². The standard InChI is InChI=1S/C13H13FN4O3/c1-18-9(4-5-16-18)7-15-13(21)17-11-3-2-8(12(19)20)6-10(11)14/h2-6H,7H2,1H3,(H,19,20)(H2,15,17,21). The molecular weight excluding hydrogens is 279 g/mol. The molecule has 7 nitrogen and oxygen atoms in total. The lowest BCUT2D eigenvalue weighted by atomic mass is 10.2. The number of carbonyl (C=O) groups is 2. The maximum absolute atomic E-state index is 13.6. The van der Waals surface area contributed by atoms with Crippen LogP contribution in [0.5, 0.6) is 0 Å². The number of carboxylic acids is 1. The molecule has 0 bridgehead atoms. The number of anilines is 1. The van der Waals surface area contributed by atoms with E-state index < -0.39 is 17.8 Å². The predicted octanol–water partition coefficient (Wildman–Crippen LogP) is 1.58. The largest absolute Gasteiger partial charge is 0.478 e. The molecule has 0 aliphatic carbocycles. The summed E-state index contributed by atoms with van der Waals surface area (Å²) in [7, 11) is 1.74. The lowest BCUT2D eigenvalue weighted by Crippen LogP contribution is -2.29. The fourth-order valence-electron chi connectivity index (χ4n) is 1.66. The van der Waals surface area contributed by atoms with Crippen LogP contribution in [-0.2, 0) is 13.6 Å². The number of aromatic nitrogens is 2. The first-order chi connectivity index (χ1) is 9.97. The Kier molecular flexibility index (Phi) is 4.17. The van der Waals surface area contributed by atoms with Gasteiger partial charge in [0.1, 0.15) is 5.82 Å². The third-order valence-corrected chi connectivity index (χ3v) is 2.82. The number of nitrogens with zero attached hydrogens (tertiary/aromatic N) is 2. The zero-order valence-electron chi connectivity index (χ0n) is 11.1. The van der Waals surface area contributed by atoms with Crippen molar-refractivity contribution in [2.45, 2.75) is 6.54 Å². The summed E-state index contributed by atoms with van der Waals surface area (Å²) in [5, 5.41) is 17.5. The molecule has 0 radical (unpaired) electrons. The Labute approximate surface area is 119 Å². The van der Waals surface area contributed by atoms with Gasteiger partial charge in [-0.1, -0.05) is 0 Å². The third-order valence-electron chi connectivity index (χ3n) is 2.82. The van der Waals surface area contributed by atoms with Crippen molar-refractivity contribution < 1.29 is 19.1 Å². The minimum atomic E-state index is -1.24. The number of aromatic carboxylic acids is 1. The number of aryl methyl sites for hydroxylation is 1. The maximum Gasteiger partial charge on any atom is 0.335 e. The number of hydrogen-bond acceptors (Lipinski definition) is 3. The van der Waals surface area contributed by atoms with Gasteiger partial charge in [-0.15, -0.1) is 0 Å². The molecule has 2 amide bonds. The second-order valence-electron chi connectivity index (χ2n) is 4.25. The minimum Gasteiger partial charge on any atom is -0.478 e.